The fourth-order valence-corrected chi connectivity index (χ4v) is 2.62. The number of hydrogen-bond acceptors (Lipinski definition) is 5. The van der Waals surface area contributed by atoms with Crippen molar-refractivity contribution in [1.82, 2.24) is 0 Å². The Bertz CT molecular complexity index is 991. The van der Waals surface area contributed by atoms with Crippen LogP contribution in [0, 0.1) is 0 Å². The molecule has 0 radical (unpaired) electrons. The van der Waals surface area contributed by atoms with Crippen LogP contribution < -0.4 is 20.2 Å². The number of ether oxygens (including phenoxy) is 2. The van der Waals surface area contributed by atoms with Gasteiger partial charge < -0.3 is 14.8 Å². The highest BCUT2D eigenvalue weighted by molar-refractivity contribution is 6.30. The van der Waals surface area contributed by atoms with Crippen LogP contribution in [0.25, 0.3) is 0 Å². The number of hydrazone groups is 1. The quantitative estimate of drug-likeness (QED) is 0.413. The van der Waals surface area contributed by atoms with Gasteiger partial charge in [-0.25, -0.2) is 0 Å². The monoisotopic (exact) mass is 409 g/mol. The summed E-state index contributed by atoms with van der Waals surface area (Å²) >= 11 is 5.87. The lowest BCUT2D eigenvalue weighted by Crippen LogP contribution is -2.20. The fraction of sp³-hybridized carbons (Fsp3) is 0.0909. The van der Waals surface area contributed by atoms with Crippen molar-refractivity contribution in [3.8, 4) is 11.5 Å². The van der Waals surface area contributed by atoms with Crippen molar-refractivity contribution in [2.24, 2.45) is 5.10 Å². The molecule has 7 heteroatoms. The number of methoxy groups -OCH3 is 1. The van der Waals surface area contributed by atoms with Crippen LogP contribution in [0.2, 0.25) is 5.02 Å². The van der Waals surface area contributed by atoms with Crippen LogP contribution in [0.3, 0.4) is 0 Å². The van der Waals surface area contributed by atoms with E-state index in [1.165, 1.54) is 0 Å². The van der Waals surface area contributed by atoms with Gasteiger partial charge in [-0.15, -0.1) is 0 Å². The smallest absolute Gasteiger partial charge is 0.262 e. The third-order valence-electron chi connectivity index (χ3n) is 3.90. The second-order valence-electron chi connectivity index (χ2n) is 5.95. The standard InChI is InChI=1S/C22H20ClN3O3/c1-28-21-9-5-3-7-19(21)25-22(27)15-29-20-8-4-2-6-16(20)14-24-26-18-12-10-17(23)11-13-18/h2-14,26H,15H2,1H3,(H,25,27)/b24-14+. The molecule has 3 aromatic carbocycles. The number of benzene rings is 3. The minimum atomic E-state index is -0.291. The van der Waals surface area contributed by atoms with Crippen LogP contribution in [0.15, 0.2) is 77.9 Å². The molecule has 0 saturated heterocycles. The van der Waals surface area contributed by atoms with Crippen molar-refractivity contribution in [3.05, 3.63) is 83.4 Å². The van der Waals surface area contributed by atoms with Crippen molar-refractivity contribution >= 4 is 35.1 Å². The van der Waals surface area contributed by atoms with Crippen molar-refractivity contribution in [1.29, 1.82) is 0 Å². The SMILES string of the molecule is COc1ccccc1NC(=O)COc1ccccc1/C=N/Nc1ccc(Cl)cc1. The van der Waals surface area contributed by atoms with Crippen molar-refractivity contribution < 1.29 is 14.3 Å². The summed E-state index contributed by atoms with van der Waals surface area (Å²) < 4.78 is 10.9. The predicted molar refractivity (Wildman–Crippen MR) is 116 cm³/mol. The molecule has 0 fully saturated rings. The van der Waals surface area contributed by atoms with E-state index in [0.29, 0.717) is 22.2 Å². The molecular formula is C22H20ClN3O3. The summed E-state index contributed by atoms with van der Waals surface area (Å²) in [6.07, 6.45) is 1.63. The van der Waals surface area contributed by atoms with E-state index in [-0.39, 0.29) is 12.5 Å². The third kappa shape index (κ3) is 5.99. The fourth-order valence-electron chi connectivity index (χ4n) is 2.50. The highest BCUT2D eigenvalue weighted by atomic mass is 35.5. The number of anilines is 2. The van der Waals surface area contributed by atoms with Gasteiger partial charge in [0.05, 0.1) is 24.7 Å². The minimum absolute atomic E-state index is 0.145. The molecule has 0 bridgehead atoms. The normalized spacial score (nSPS) is 10.6. The summed E-state index contributed by atoms with van der Waals surface area (Å²) in [5.74, 6) is 0.839. The van der Waals surface area contributed by atoms with Gasteiger partial charge in [0.1, 0.15) is 11.5 Å². The van der Waals surface area contributed by atoms with Crippen LogP contribution in [-0.4, -0.2) is 25.8 Å². The zero-order valence-corrected chi connectivity index (χ0v) is 16.5. The van der Waals surface area contributed by atoms with Crippen LogP contribution in [0.5, 0.6) is 11.5 Å². The number of carbonyl (C=O) groups is 1. The Morgan fingerprint density at radius 3 is 2.45 bits per heavy atom. The Morgan fingerprint density at radius 1 is 1.00 bits per heavy atom. The van der Waals surface area contributed by atoms with Crippen LogP contribution in [0.1, 0.15) is 5.56 Å². The molecule has 29 heavy (non-hydrogen) atoms. The zero-order chi connectivity index (χ0) is 20.5. The molecule has 0 aliphatic heterocycles. The van der Waals surface area contributed by atoms with E-state index in [1.54, 1.807) is 43.7 Å². The molecule has 0 unspecified atom stereocenters. The van der Waals surface area contributed by atoms with Gasteiger partial charge in [0.2, 0.25) is 0 Å². The van der Waals surface area contributed by atoms with Crippen LogP contribution in [-0.2, 0) is 4.79 Å². The van der Waals surface area contributed by atoms with Crippen molar-refractivity contribution in [2.75, 3.05) is 24.5 Å². The molecule has 148 valence electrons. The van der Waals surface area contributed by atoms with Crippen molar-refractivity contribution in [3.63, 3.8) is 0 Å². The number of nitrogens with one attached hydrogen (secondary N) is 2. The molecule has 0 spiro atoms. The van der Waals surface area contributed by atoms with Gasteiger partial charge in [0.25, 0.3) is 5.91 Å². The highest BCUT2D eigenvalue weighted by Crippen LogP contribution is 2.23. The second-order valence-corrected chi connectivity index (χ2v) is 6.39. The van der Waals surface area contributed by atoms with E-state index in [9.17, 15) is 4.79 Å². The molecule has 0 saturated carbocycles. The summed E-state index contributed by atoms with van der Waals surface area (Å²) in [6, 6.07) is 21.7. The van der Waals surface area contributed by atoms with Gasteiger partial charge in [0.15, 0.2) is 6.61 Å². The lowest BCUT2D eigenvalue weighted by molar-refractivity contribution is -0.118. The Labute approximate surface area is 174 Å². The summed E-state index contributed by atoms with van der Waals surface area (Å²) in [5.41, 5.74) is 5.05. The molecule has 2 N–H and O–H groups in total. The lowest BCUT2D eigenvalue weighted by Gasteiger charge is -2.11. The van der Waals surface area contributed by atoms with Gasteiger partial charge in [-0.2, -0.15) is 5.10 Å². The lowest BCUT2D eigenvalue weighted by atomic mass is 10.2. The highest BCUT2D eigenvalue weighted by Gasteiger charge is 2.09. The Kier molecular flexibility index (Phi) is 7.08. The average Bonchev–Trinajstić information content (AvgIpc) is 2.75. The van der Waals surface area contributed by atoms with E-state index in [0.717, 1.165) is 11.3 Å². The van der Waals surface area contributed by atoms with Gasteiger partial charge in [-0.05, 0) is 48.5 Å². The molecule has 3 rings (SSSR count). The first kappa shape index (κ1) is 20.2. The maximum Gasteiger partial charge on any atom is 0.262 e. The Balaban J connectivity index is 1.59. The molecule has 6 nitrogen and oxygen atoms in total. The number of halogens is 1. The first-order valence-corrected chi connectivity index (χ1v) is 9.23. The maximum atomic E-state index is 12.2. The van der Waals surface area contributed by atoms with Crippen LogP contribution >= 0.6 is 11.6 Å². The molecule has 3 aromatic rings. The second kappa shape index (κ2) is 10.1. The number of hydrogen-bond donors (Lipinski definition) is 2. The Hall–Kier alpha value is -3.51. The van der Waals surface area contributed by atoms with Crippen LogP contribution in [0.4, 0.5) is 11.4 Å². The van der Waals surface area contributed by atoms with Crippen molar-refractivity contribution in [2.45, 2.75) is 0 Å². The predicted octanol–water partition coefficient (Wildman–Crippen LogP) is 4.81. The molecule has 1 amide bonds. The molecule has 0 aromatic heterocycles. The molecule has 0 heterocycles. The van der Waals surface area contributed by atoms with E-state index < -0.39 is 0 Å². The van der Waals surface area contributed by atoms with Gasteiger partial charge in [-0.3, -0.25) is 10.2 Å². The first-order chi connectivity index (χ1) is 14.2. The van der Waals surface area contributed by atoms with Gasteiger partial charge in [0, 0.05) is 10.6 Å². The minimum Gasteiger partial charge on any atom is -0.495 e. The number of para-hydroxylation sites is 3. The first-order valence-electron chi connectivity index (χ1n) is 8.85. The summed E-state index contributed by atoms with van der Waals surface area (Å²) in [5, 5.41) is 7.64. The number of rotatable bonds is 8. The van der Waals surface area contributed by atoms with E-state index in [1.807, 2.05) is 42.5 Å². The van der Waals surface area contributed by atoms with Gasteiger partial charge >= 0.3 is 0 Å². The van der Waals surface area contributed by atoms with E-state index >= 15 is 0 Å². The number of carbonyl (C=O) groups excluding carboxylic acids is 1. The maximum absolute atomic E-state index is 12.2. The van der Waals surface area contributed by atoms with E-state index in [4.69, 9.17) is 21.1 Å². The topological polar surface area (TPSA) is 72.0 Å². The largest absolute Gasteiger partial charge is 0.495 e. The molecule has 0 atom stereocenters. The molecular weight excluding hydrogens is 390 g/mol. The summed E-state index contributed by atoms with van der Waals surface area (Å²) in [4.78, 5) is 12.2. The zero-order valence-electron chi connectivity index (χ0n) is 15.8. The molecule has 0 aliphatic carbocycles. The summed E-state index contributed by atoms with van der Waals surface area (Å²) in [7, 11) is 1.55. The Morgan fingerprint density at radius 2 is 1.69 bits per heavy atom. The summed E-state index contributed by atoms with van der Waals surface area (Å²) in [6.45, 7) is -0.145. The number of nitrogens with zero attached hydrogens (tertiary/aromatic N) is 1. The number of amides is 1. The van der Waals surface area contributed by atoms with Gasteiger partial charge in [-0.1, -0.05) is 35.9 Å². The third-order valence-corrected chi connectivity index (χ3v) is 4.15. The molecule has 0 aliphatic rings. The van der Waals surface area contributed by atoms with E-state index in [2.05, 4.69) is 15.8 Å². The average molecular weight is 410 g/mol.